The van der Waals surface area contributed by atoms with Crippen LogP contribution in [0, 0.1) is 10.1 Å². The van der Waals surface area contributed by atoms with Gasteiger partial charge in [-0.25, -0.2) is 0 Å². The molecule has 0 fully saturated rings. The molecule has 1 rings (SSSR count). The summed E-state index contributed by atoms with van der Waals surface area (Å²) in [6.07, 6.45) is 0. The molecular weight excluding hydrogens is 234 g/mol. The van der Waals surface area contributed by atoms with Crippen molar-refractivity contribution in [1.29, 1.82) is 0 Å². The third-order valence-electron chi connectivity index (χ3n) is 1.87. The van der Waals surface area contributed by atoms with Crippen LogP contribution in [-0.2, 0) is 0 Å². The molecule has 1 aromatic carbocycles. The van der Waals surface area contributed by atoms with Gasteiger partial charge >= 0.3 is 0 Å². The maximum absolute atomic E-state index is 10.7. The van der Waals surface area contributed by atoms with Gasteiger partial charge in [0.05, 0.1) is 15.6 Å². The topological polar surface area (TPSA) is 95.1 Å². The molecule has 0 spiro atoms. The molecule has 16 heavy (non-hydrogen) atoms. The smallest absolute Gasteiger partial charge is 0.280 e. The van der Waals surface area contributed by atoms with Gasteiger partial charge in [-0.15, -0.1) is 0 Å². The normalized spacial score (nSPS) is 9.44. The Labute approximate surface area is 96.0 Å². The molecule has 8 heteroatoms. The molecule has 0 aliphatic heterocycles. The Hall–Kier alpha value is -1.98. The lowest BCUT2D eigenvalue weighted by molar-refractivity contribution is -0.384. The molecule has 0 aromatic heterocycles. The number of nitrogens with zero attached hydrogens (tertiary/aromatic N) is 5. The van der Waals surface area contributed by atoms with Crippen LogP contribution in [0.25, 0.3) is 10.4 Å². The maximum atomic E-state index is 10.7. The van der Waals surface area contributed by atoms with Crippen LogP contribution in [0.3, 0.4) is 0 Å². The molecule has 0 N–H and O–H groups in total. The number of benzene rings is 1. The summed E-state index contributed by atoms with van der Waals surface area (Å²) in [5.41, 5.74) is 8.50. The van der Waals surface area contributed by atoms with Gasteiger partial charge < -0.3 is 4.90 Å². The highest BCUT2D eigenvalue weighted by molar-refractivity contribution is 6.33. The Bertz CT molecular complexity index is 482. The van der Waals surface area contributed by atoms with Gasteiger partial charge in [-0.1, -0.05) is 16.7 Å². The molecule has 1 aromatic rings. The number of azide groups is 1. The van der Waals surface area contributed by atoms with Crippen molar-refractivity contribution in [1.82, 2.24) is 0 Å². The van der Waals surface area contributed by atoms with Crippen molar-refractivity contribution >= 4 is 28.7 Å². The Balaban J connectivity index is 3.48. The summed E-state index contributed by atoms with van der Waals surface area (Å²) in [7, 11) is 3.46. The summed E-state index contributed by atoms with van der Waals surface area (Å²) in [6, 6.07) is 2.54. The monoisotopic (exact) mass is 241 g/mol. The van der Waals surface area contributed by atoms with Gasteiger partial charge in [0.2, 0.25) is 0 Å². The molecule has 0 aliphatic rings. The van der Waals surface area contributed by atoms with Gasteiger partial charge in [0, 0.05) is 25.1 Å². The average molecular weight is 242 g/mol. The standard InChI is InChI=1S/C8H8ClN5O2/c1-13(2)7-4-6(11-12-10)8(14(15)16)3-5(7)9/h3-4H,1-2H3. The fourth-order valence-electron chi connectivity index (χ4n) is 1.16. The molecule has 0 saturated carbocycles. The first kappa shape index (κ1) is 12.1. The zero-order chi connectivity index (χ0) is 12.3. The zero-order valence-corrected chi connectivity index (χ0v) is 9.34. The summed E-state index contributed by atoms with van der Waals surface area (Å²) in [5.74, 6) is 0. The Kier molecular flexibility index (Phi) is 3.55. The van der Waals surface area contributed by atoms with E-state index in [0.29, 0.717) is 5.69 Å². The van der Waals surface area contributed by atoms with Crippen LogP contribution in [0.2, 0.25) is 5.02 Å². The molecular formula is C8H8ClN5O2. The quantitative estimate of drug-likeness (QED) is 0.267. The average Bonchev–Trinajstić information content (AvgIpc) is 2.19. The van der Waals surface area contributed by atoms with Crippen LogP contribution in [0.1, 0.15) is 0 Å². The Morgan fingerprint density at radius 2 is 2.19 bits per heavy atom. The van der Waals surface area contributed by atoms with E-state index < -0.39 is 4.92 Å². The van der Waals surface area contributed by atoms with E-state index in [4.69, 9.17) is 17.1 Å². The number of rotatable bonds is 3. The first-order chi connectivity index (χ1) is 7.47. The molecule has 0 heterocycles. The SMILES string of the molecule is CN(C)c1cc(N=[N+]=[N-])c([N+](=O)[O-])cc1Cl. The third kappa shape index (κ3) is 2.33. The molecule has 0 unspecified atom stereocenters. The minimum atomic E-state index is -0.644. The second-order valence-electron chi connectivity index (χ2n) is 3.13. The molecule has 7 nitrogen and oxygen atoms in total. The minimum absolute atomic E-state index is 0.0550. The molecule has 0 radical (unpaired) electrons. The van der Waals surface area contributed by atoms with E-state index in [2.05, 4.69) is 10.0 Å². The van der Waals surface area contributed by atoms with Crippen LogP contribution < -0.4 is 4.90 Å². The molecule has 84 valence electrons. The highest BCUT2D eigenvalue weighted by atomic mass is 35.5. The zero-order valence-electron chi connectivity index (χ0n) is 8.59. The van der Waals surface area contributed by atoms with Crippen molar-refractivity contribution in [3.63, 3.8) is 0 Å². The summed E-state index contributed by atoms with van der Waals surface area (Å²) < 4.78 is 0. The van der Waals surface area contributed by atoms with Crippen LogP contribution in [0.15, 0.2) is 17.2 Å². The van der Waals surface area contributed by atoms with Crippen molar-refractivity contribution in [2.24, 2.45) is 5.11 Å². The van der Waals surface area contributed by atoms with Gasteiger partial charge in [-0.05, 0) is 11.6 Å². The Morgan fingerprint density at radius 1 is 1.56 bits per heavy atom. The molecule has 0 saturated heterocycles. The summed E-state index contributed by atoms with van der Waals surface area (Å²) in [6.45, 7) is 0. The van der Waals surface area contributed by atoms with E-state index in [1.165, 1.54) is 12.1 Å². The second kappa shape index (κ2) is 4.69. The fraction of sp³-hybridized carbons (Fsp3) is 0.250. The lowest BCUT2D eigenvalue weighted by Gasteiger charge is -2.14. The number of hydrogen-bond acceptors (Lipinski definition) is 4. The number of nitro groups is 1. The van der Waals surface area contributed by atoms with Gasteiger partial charge in [-0.3, -0.25) is 10.1 Å². The predicted octanol–water partition coefficient (Wildman–Crippen LogP) is 3.26. The van der Waals surface area contributed by atoms with E-state index in [1.54, 1.807) is 19.0 Å². The van der Waals surface area contributed by atoms with Gasteiger partial charge in [0.25, 0.3) is 5.69 Å². The van der Waals surface area contributed by atoms with Crippen LogP contribution in [0.4, 0.5) is 17.1 Å². The molecule has 0 amide bonds. The highest BCUT2D eigenvalue weighted by Gasteiger charge is 2.17. The summed E-state index contributed by atoms with van der Waals surface area (Å²) in [4.78, 5) is 14.2. The molecule has 0 bridgehead atoms. The van der Waals surface area contributed by atoms with Gasteiger partial charge in [-0.2, -0.15) is 0 Å². The largest absolute Gasteiger partial charge is 0.376 e. The van der Waals surface area contributed by atoms with Crippen LogP contribution in [0.5, 0.6) is 0 Å². The maximum Gasteiger partial charge on any atom is 0.280 e. The van der Waals surface area contributed by atoms with Crippen molar-refractivity contribution in [3.05, 3.63) is 37.7 Å². The highest BCUT2D eigenvalue weighted by Crippen LogP contribution is 2.37. The third-order valence-corrected chi connectivity index (χ3v) is 2.18. The number of nitro benzene ring substituents is 1. The van der Waals surface area contributed by atoms with Crippen molar-refractivity contribution in [2.75, 3.05) is 19.0 Å². The van der Waals surface area contributed by atoms with Crippen molar-refractivity contribution in [2.45, 2.75) is 0 Å². The predicted molar refractivity (Wildman–Crippen MR) is 61.2 cm³/mol. The van der Waals surface area contributed by atoms with Crippen LogP contribution >= 0.6 is 11.6 Å². The van der Waals surface area contributed by atoms with Crippen molar-refractivity contribution in [3.8, 4) is 0 Å². The van der Waals surface area contributed by atoms with E-state index in [1.807, 2.05) is 0 Å². The van der Waals surface area contributed by atoms with E-state index in [9.17, 15) is 10.1 Å². The number of hydrogen-bond donors (Lipinski definition) is 0. The van der Waals surface area contributed by atoms with Crippen molar-refractivity contribution < 1.29 is 4.92 Å². The second-order valence-corrected chi connectivity index (χ2v) is 3.54. The van der Waals surface area contributed by atoms with E-state index >= 15 is 0 Å². The Morgan fingerprint density at radius 3 is 2.62 bits per heavy atom. The first-order valence-electron chi connectivity index (χ1n) is 4.17. The molecule has 0 atom stereocenters. The fourth-order valence-corrected chi connectivity index (χ4v) is 1.48. The number of halogens is 1. The minimum Gasteiger partial charge on any atom is -0.376 e. The summed E-state index contributed by atoms with van der Waals surface area (Å²) >= 11 is 5.86. The summed E-state index contributed by atoms with van der Waals surface area (Å²) in [5, 5.41) is 14.2. The number of anilines is 1. The van der Waals surface area contributed by atoms with Gasteiger partial charge in [0.1, 0.15) is 5.69 Å². The lowest BCUT2D eigenvalue weighted by atomic mass is 10.2. The van der Waals surface area contributed by atoms with E-state index in [0.717, 1.165) is 0 Å². The van der Waals surface area contributed by atoms with Gasteiger partial charge in [0.15, 0.2) is 0 Å². The molecule has 0 aliphatic carbocycles. The van der Waals surface area contributed by atoms with E-state index in [-0.39, 0.29) is 16.4 Å². The lowest BCUT2D eigenvalue weighted by Crippen LogP contribution is -2.09. The first-order valence-corrected chi connectivity index (χ1v) is 4.55. The van der Waals surface area contributed by atoms with Crippen LogP contribution in [-0.4, -0.2) is 19.0 Å².